The maximum absolute atomic E-state index is 8.41. The molecule has 1 aliphatic carbocycles. The van der Waals surface area contributed by atoms with Crippen molar-refractivity contribution >= 4 is 11.8 Å². The summed E-state index contributed by atoms with van der Waals surface area (Å²) in [7, 11) is 1.68. The molecule has 5 nitrogen and oxygen atoms in total. The van der Waals surface area contributed by atoms with Gasteiger partial charge in [0.25, 0.3) is 0 Å². The lowest BCUT2D eigenvalue weighted by atomic mass is 9.79. The Hall–Kier alpha value is -1.06. The van der Waals surface area contributed by atoms with Gasteiger partial charge in [-0.25, -0.2) is 0 Å². The van der Waals surface area contributed by atoms with Gasteiger partial charge in [-0.05, 0) is 19.3 Å². The van der Waals surface area contributed by atoms with Gasteiger partial charge >= 0.3 is 0 Å². The summed E-state index contributed by atoms with van der Waals surface area (Å²) < 4.78 is 10.6. The number of thioether (sulfide) groups is 1. The first-order valence-corrected chi connectivity index (χ1v) is 6.29. The van der Waals surface area contributed by atoms with Crippen molar-refractivity contribution in [2.45, 2.75) is 30.6 Å². The maximum atomic E-state index is 8.41. The molecule has 2 rings (SSSR count). The average molecular weight is 239 g/mol. The van der Waals surface area contributed by atoms with Crippen molar-refractivity contribution < 1.29 is 9.26 Å². The molecule has 0 spiro atoms. The van der Waals surface area contributed by atoms with Crippen molar-refractivity contribution in [2.24, 2.45) is 0 Å². The molecule has 16 heavy (non-hydrogen) atoms. The van der Waals surface area contributed by atoms with Crippen molar-refractivity contribution in [3.8, 4) is 6.07 Å². The van der Waals surface area contributed by atoms with Crippen molar-refractivity contribution in [2.75, 3.05) is 12.9 Å². The van der Waals surface area contributed by atoms with Gasteiger partial charge in [0.1, 0.15) is 5.60 Å². The molecule has 1 fully saturated rings. The van der Waals surface area contributed by atoms with E-state index < -0.39 is 0 Å². The van der Waals surface area contributed by atoms with Crippen molar-refractivity contribution in [1.29, 1.82) is 5.26 Å². The number of ether oxygens (including phenoxy) is 1. The van der Waals surface area contributed by atoms with E-state index in [9.17, 15) is 0 Å². The third-order valence-corrected chi connectivity index (χ3v) is 3.60. The summed E-state index contributed by atoms with van der Waals surface area (Å²) in [6.07, 6.45) is 3.04. The highest BCUT2D eigenvalue weighted by molar-refractivity contribution is 7.98. The number of rotatable bonds is 5. The largest absolute Gasteiger partial charge is 0.370 e. The summed E-state index contributed by atoms with van der Waals surface area (Å²) in [5, 5.41) is 12.4. The van der Waals surface area contributed by atoms with E-state index in [1.165, 1.54) is 11.8 Å². The number of hydrogen-bond donors (Lipinski definition) is 0. The van der Waals surface area contributed by atoms with Gasteiger partial charge in [0.15, 0.2) is 0 Å². The van der Waals surface area contributed by atoms with Crippen molar-refractivity contribution in [3.05, 3.63) is 11.7 Å². The Balaban J connectivity index is 1.99. The van der Waals surface area contributed by atoms with E-state index in [1.54, 1.807) is 7.11 Å². The number of nitriles is 1. The molecule has 1 heterocycles. The summed E-state index contributed by atoms with van der Waals surface area (Å²) in [4.78, 5) is 4.31. The lowest BCUT2D eigenvalue weighted by Gasteiger charge is -2.37. The van der Waals surface area contributed by atoms with E-state index in [4.69, 9.17) is 14.5 Å². The SMILES string of the molecule is COC1(c2noc(CSCC#N)n2)CCC1. The highest BCUT2D eigenvalue weighted by atomic mass is 32.2. The molecule has 0 amide bonds. The molecular formula is C10H13N3O2S. The zero-order valence-electron chi connectivity index (χ0n) is 9.10. The van der Waals surface area contributed by atoms with Crippen LogP contribution in [0.25, 0.3) is 0 Å². The van der Waals surface area contributed by atoms with E-state index in [0.717, 1.165) is 19.3 Å². The van der Waals surface area contributed by atoms with Gasteiger partial charge < -0.3 is 9.26 Å². The summed E-state index contributed by atoms with van der Waals surface area (Å²) in [6.45, 7) is 0. The summed E-state index contributed by atoms with van der Waals surface area (Å²) in [5.41, 5.74) is -0.318. The molecule has 0 radical (unpaired) electrons. The second kappa shape index (κ2) is 4.85. The molecule has 0 aliphatic heterocycles. The van der Waals surface area contributed by atoms with Crippen LogP contribution in [-0.2, 0) is 16.1 Å². The van der Waals surface area contributed by atoms with E-state index in [1.807, 2.05) is 0 Å². The Kier molecular flexibility index (Phi) is 3.46. The van der Waals surface area contributed by atoms with Crippen LogP contribution in [0.5, 0.6) is 0 Å². The number of aromatic nitrogens is 2. The molecule has 0 bridgehead atoms. The van der Waals surface area contributed by atoms with Crippen LogP contribution in [0, 0.1) is 11.3 Å². The zero-order chi connectivity index (χ0) is 11.4. The highest BCUT2D eigenvalue weighted by Crippen LogP contribution is 2.42. The number of nitrogens with zero attached hydrogens (tertiary/aromatic N) is 3. The normalized spacial score (nSPS) is 17.8. The van der Waals surface area contributed by atoms with Crippen LogP contribution in [0.4, 0.5) is 0 Å². The van der Waals surface area contributed by atoms with Gasteiger partial charge in [0.05, 0.1) is 17.6 Å². The molecule has 0 aromatic carbocycles. The van der Waals surface area contributed by atoms with Crippen LogP contribution in [-0.4, -0.2) is 23.0 Å². The third kappa shape index (κ3) is 2.06. The number of methoxy groups -OCH3 is 1. The standard InChI is InChI=1S/C10H13N3O2S/c1-14-10(3-2-4-10)9-12-8(15-13-9)7-16-6-5-11/h2-4,6-7H2,1H3. The third-order valence-electron chi connectivity index (χ3n) is 2.82. The minimum absolute atomic E-state index is 0.318. The Morgan fingerprint density at radius 3 is 3.00 bits per heavy atom. The highest BCUT2D eigenvalue weighted by Gasteiger charge is 2.43. The Bertz CT molecular complexity index is 390. The lowest BCUT2D eigenvalue weighted by molar-refractivity contribution is -0.0858. The predicted molar refractivity (Wildman–Crippen MR) is 58.6 cm³/mol. The molecule has 0 N–H and O–H groups in total. The second-order valence-corrected chi connectivity index (χ2v) is 4.70. The first-order chi connectivity index (χ1) is 7.80. The van der Waals surface area contributed by atoms with Gasteiger partial charge in [-0.15, -0.1) is 11.8 Å². The first-order valence-electron chi connectivity index (χ1n) is 5.14. The molecule has 0 unspecified atom stereocenters. The Morgan fingerprint density at radius 1 is 1.62 bits per heavy atom. The molecule has 1 aromatic heterocycles. The minimum atomic E-state index is -0.318. The van der Waals surface area contributed by atoms with Gasteiger partial charge in [-0.2, -0.15) is 10.2 Å². The molecule has 86 valence electrons. The Labute approximate surface area is 98.2 Å². The summed E-state index contributed by atoms with van der Waals surface area (Å²) in [5.74, 6) is 2.24. The fraction of sp³-hybridized carbons (Fsp3) is 0.700. The van der Waals surface area contributed by atoms with E-state index in [0.29, 0.717) is 23.2 Å². The van der Waals surface area contributed by atoms with Crippen LogP contribution in [0.1, 0.15) is 31.0 Å². The smallest absolute Gasteiger partial charge is 0.236 e. The zero-order valence-corrected chi connectivity index (χ0v) is 9.92. The molecular weight excluding hydrogens is 226 g/mol. The molecule has 0 atom stereocenters. The fourth-order valence-corrected chi connectivity index (χ4v) is 2.18. The van der Waals surface area contributed by atoms with Gasteiger partial charge in [-0.1, -0.05) is 5.16 Å². The first kappa shape index (κ1) is 11.4. The van der Waals surface area contributed by atoms with Gasteiger partial charge in [0, 0.05) is 7.11 Å². The van der Waals surface area contributed by atoms with E-state index in [2.05, 4.69) is 16.2 Å². The predicted octanol–water partition coefficient (Wildman–Crippen LogP) is 1.85. The van der Waals surface area contributed by atoms with Gasteiger partial charge in [-0.3, -0.25) is 0 Å². The van der Waals surface area contributed by atoms with Crippen molar-refractivity contribution in [3.63, 3.8) is 0 Å². The number of hydrogen-bond acceptors (Lipinski definition) is 6. The monoisotopic (exact) mass is 239 g/mol. The van der Waals surface area contributed by atoms with E-state index in [-0.39, 0.29) is 5.60 Å². The topological polar surface area (TPSA) is 71.9 Å². The van der Waals surface area contributed by atoms with Crippen LogP contribution in [0.3, 0.4) is 0 Å². The lowest BCUT2D eigenvalue weighted by Crippen LogP contribution is -2.37. The van der Waals surface area contributed by atoms with Gasteiger partial charge in [0.2, 0.25) is 11.7 Å². The molecule has 1 aliphatic rings. The Morgan fingerprint density at radius 2 is 2.44 bits per heavy atom. The van der Waals surface area contributed by atoms with Crippen LogP contribution >= 0.6 is 11.8 Å². The summed E-state index contributed by atoms with van der Waals surface area (Å²) in [6, 6.07) is 2.06. The van der Waals surface area contributed by atoms with Crippen molar-refractivity contribution in [1.82, 2.24) is 10.1 Å². The molecule has 1 saturated carbocycles. The molecule has 1 aromatic rings. The van der Waals surface area contributed by atoms with Crippen LogP contribution in [0.2, 0.25) is 0 Å². The fourth-order valence-electron chi connectivity index (χ4n) is 1.70. The second-order valence-electron chi connectivity index (χ2n) is 3.71. The molecule has 6 heteroatoms. The molecule has 0 saturated heterocycles. The van der Waals surface area contributed by atoms with Crippen LogP contribution < -0.4 is 0 Å². The van der Waals surface area contributed by atoms with E-state index >= 15 is 0 Å². The average Bonchev–Trinajstić information content (AvgIpc) is 2.67. The quantitative estimate of drug-likeness (QED) is 0.730. The van der Waals surface area contributed by atoms with Crippen LogP contribution in [0.15, 0.2) is 4.52 Å². The summed E-state index contributed by atoms with van der Waals surface area (Å²) >= 11 is 1.47. The minimum Gasteiger partial charge on any atom is -0.370 e. The maximum Gasteiger partial charge on any atom is 0.236 e.